The minimum Gasteiger partial charge on any atom is -0.493 e. The van der Waals surface area contributed by atoms with Crippen LogP contribution in [0.2, 0.25) is 0 Å². The van der Waals surface area contributed by atoms with E-state index in [1.54, 1.807) is 24.3 Å². The average Bonchev–Trinajstić information content (AvgIpc) is 3.04. The second-order valence-corrected chi connectivity index (χ2v) is 6.84. The standard InChI is InChI=1S/C18H20N4O3S/c1-12(2)10-17-21-22-18(26-17)20-16(23)7-5-13-4-6-14(25-9-8-19)15(11-13)24-3/h4-7,11-12H,9-10H2,1-3H3,(H,20,22,23)/b7-5+. The predicted octanol–water partition coefficient (Wildman–Crippen LogP) is 3.30. The Labute approximate surface area is 156 Å². The maximum atomic E-state index is 12.0. The molecular weight excluding hydrogens is 352 g/mol. The van der Waals surface area contributed by atoms with E-state index in [-0.39, 0.29) is 12.5 Å². The monoisotopic (exact) mass is 372 g/mol. The molecule has 8 heteroatoms. The summed E-state index contributed by atoms with van der Waals surface area (Å²) < 4.78 is 10.5. The second kappa shape index (κ2) is 9.53. The van der Waals surface area contributed by atoms with Gasteiger partial charge in [0.15, 0.2) is 18.1 Å². The molecule has 0 unspecified atom stereocenters. The van der Waals surface area contributed by atoms with Crippen molar-refractivity contribution in [3.63, 3.8) is 0 Å². The van der Waals surface area contributed by atoms with E-state index in [0.717, 1.165) is 17.0 Å². The average molecular weight is 372 g/mol. The van der Waals surface area contributed by atoms with E-state index in [0.29, 0.717) is 22.5 Å². The minimum atomic E-state index is -0.291. The van der Waals surface area contributed by atoms with Gasteiger partial charge in [0, 0.05) is 12.5 Å². The van der Waals surface area contributed by atoms with Crippen molar-refractivity contribution >= 4 is 28.5 Å². The van der Waals surface area contributed by atoms with Crippen molar-refractivity contribution in [3.05, 3.63) is 34.8 Å². The third-order valence-corrected chi connectivity index (χ3v) is 4.05. The van der Waals surface area contributed by atoms with Crippen LogP contribution in [0.15, 0.2) is 24.3 Å². The molecule has 0 aliphatic rings. The highest BCUT2D eigenvalue weighted by Gasteiger charge is 2.08. The van der Waals surface area contributed by atoms with E-state index in [4.69, 9.17) is 14.7 Å². The van der Waals surface area contributed by atoms with E-state index in [9.17, 15) is 4.79 Å². The van der Waals surface area contributed by atoms with Gasteiger partial charge in [0.2, 0.25) is 11.0 Å². The van der Waals surface area contributed by atoms with Gasteiger partial charge in [0.1, 0.15) is 11.1 Å². The molecule has 0 fully saturated rings. The highest BCUT2D eigenvalue weighted by Crippen LogP contribution is 2.28. The fourth-order valence-corrected chi connectivity index (χ4v) is 3.03. The highest BCUT2D eigenvalue weighted by molar-refractivity contribution is 7.15. The molecule has 0 atom stereocenters. The number of amides is 1. The van der Waals surface area contributed by atoms with E-state index in [2.05, 4.69) is 29.4 Å². The lowest BCUT2D eigenvalue weighted by atomic mass is 10.1. The zero-order chi connectivity index (χ0) is 18.9. The Hall–Kier alpha value is -2.92. The van der Waals surface area contributed by atoms with E-state index < -0.39 is 0 Å². The third kappa shape index (κ3) is 5.86. The van der Waals surface area contributed by atoms with Gasteiger partial charge in [0.25, 0.3) is 0 Å². The molecular formula is C18H20N4O3S. The number of methoxy groups -OCH3 is 1. The van der Waals surface area contributed by atoms with Crippen LogP contribution in [-0.2, 0) is 11.2 Å². The molecule has 2 aromatic rings. The molecule has 0 radical (unpaired) electrons. The van der Waals surface area contributed by atoms with Crippen LogP contribution in [0, 0.1) is 17.2 Å². The highest BCUT2D eigenvalue weighted by atomic mass is 32.1. The Bertz CT molecular complexity index is 824. The summed E-state index contributed by atoms with van der Waals surface area (Å²) in [5.74, 6) is 1.16. The smallest absolute Gasteiger partial charge is 0.250 e. The van der Waals surface area contributed by atoms with Crippen LogP contribution in [0.4, 0.5) is 5.13 Å². The molecule has 2 rings (SSSR count). The summed E-state index contributed by atoms with van der Waals surface area (Å²) in [5.41, 5.74) is 0.763. The number of nitrogens with zero attached hydrogens (tertiary/aromatic N) is 3. The van der Waals surface area contributed by atoms with E-state index in [1.165, 1.54) is 24.5 Å². The number of aromatic nitrogens is 2. The number of carbonyl (C=O) groups excluding carboxylic acids is 1. The lowest BCUT2D eigenvalue weighted by molar-refractivity contribution is -0.111. The quantitative estimate of drug-likeness (QED) is 0.714. The van der Waals surface area contributed by atoms with Crippen LogP contribution in [0.5, 0.6) is 11.5 Å². The molecule has 1 aromatic heterocycles. The van der Waals surface area contributed by atoms with Gasteiger partial charge in [-0.2, -0.15) is 5.26 Å². The van der Waals surface area contributed by atoms with Crippen LogP contribution < -0.4 is 14.8 Å². The molecule has 26 heavy (non-hydrogen) atoms. The Balaban J connectivity index is 1.99. The summed E-state index contributed by atoms with van der Waals surface area (Å²) in [7, 11) is 1.51. The number of nitriles is 1. The summed E-state index contributed by atoms with van der Waals surface area (Å²) in [6, 6.07) is 7.09. The van der Waals surface area contributed by atoms with Crippen LogP contribution in [0.25, 0.3) is 6.08 Å². The van der Waals surface area contributed by atoms with Crippen molar-refractivity contribution in [2.45, 2.75) is 20.3 Å². The Kier molecular flexibility index (Phi) is 7.12. The Morgan fingerprint density at radius 3 is 2.88 bits per heavy atom. The summed E-state index contributed by atoms with van der Waals surface area (Å²) in [6.45, 7) is 4.15. The van der Waals surface area contributed by atoms with Gasteiger partial charge < -0.3 is 9.47 Å². The van der Waals surface area contributed by atoms with Crippen LogP contribution in [-0.4, -0.2) is 29.8 Å². The molecule has 0 spiro atoms. The van der Waals surface area contributed by atoms with Gasteiger partial charge in [-0.05, 0) is 29.7 Å². The molecule has 0 saturated carbocycles. The third-order valence-electron chi connectivity index (χ3n) is 3.19. The van der Waals surface area contributed by atoms with Crippen LogP contribution >= 0.6 is 11.3 Å². The minimum absolute atomic E-state index is 0.0609. The van der Waals surface area contributed by atoms with Gasteiger partial charge in [0.05, 0.1) is 7.11 Å². The molecule has 1 aromatic carbocycles. The van der Waals surface area contributed by atoms with Gasteiger partial charge in [-0.3, -0.25) is 10.1 Å². The Morgan fingerprint density at radius 1 is 1.38 bits per heavy atom. The number of anilines is 1. The zero-order valence-electron chi connectivity index (χ0n) is 14.9. The van der Waals surface area contributed by atoms with Crippen molar-refractivity contribution in [1.29, 1.82) is 5.26 Å². The van der Waals surface area contributed by atoms with Crippen LogP contribution in [0.1, 0.15) is 24.4 Å². The first-order valence-electron chi connectivity index (χ1n) is 8.01. The molecule has 136 valence electrons. The largest absolute Gasteiger partial charge is 0.493 e. The molecule has 0 saturated heterocycles. The Morgan fingerprint density at radius 2 is 2.19 bits per heavy atom. The number of hydrogen-bond donors (Lipinski definition) is 1. The fraction of sp³-hybridized carbons (Fsp3) is 0.333. The van der Waals surface area contributed by atoms with Gasteiger partial charge in [-0.1, -0.05) is 31.3 Å². The first-order chi connectivity index (χ1) is 12.5. The number of hydrogen-bond acceptors (Lipinski definition) is 7. The van der Waals surface area contributed by atoms with Crippen molar-refractivity contribution < 1.29 is 14.3 Å². The van der Waals surface area contributed by atoms with Crippen molar-refractivity contribution in [1.82, 2.24) is 10.2 Å². The van der Waals surface area contributed by atoms with Gasteiger partial charge >= 0.3 is 0 Å². The first kappa shape index (κ1) is 19.4. The fourth-order valence-electron chi connectivity index (χ4n) is 2.07. The second-order valence-electron chi connectivity index (χ2n) is 5.78. The number of carbonyl (C=O) groups is 1. The summed E-state index contributed by atoms with van der Waals surface area (Å²) >= 11 is 1.38. The van der Waals surface area contributed by atoms with Gasteiger partial charge in [-0.25, -0.2) is 0 Å². The SMILES string of the molecule is COc1cc(/C=C/C(=O)Nc2nnc(CC(C)C)s2)ccc1OCC#N. The summed E-state index contributed by atoms with van der Waals surface area (Å²) in [6.07, 6.45) is 3.90. The molecule has 0 bridgehead atoms. The molecule has 1 amide bonds. The summed E-state index contributed by atoms with van der Waals surface area (Å²) in [5, 5.41) is 20.7. The molecule has 1 N–H and O–H groups in total. The predicted molar refractivity (Wildman–Crippen MR) is 100 cm³/mol. The van der Waals surface area contributed by atoms with Crippen LogP contribution in [0.3, 0.4) is 0 Å². The summed E-state index contributed by atoms with van der Waals surface area (Å²) in [4.78, 5) is 12.0. The number of rotatable bonds is 8. The lowest BCUT2D eigenvalue weighted by Gasteiger charge is -2.08. The van der Waals surface area contributed by atoms with Crippen molar-refractivity contribution in [2.24, 2.45) is 5.92 Å². The van der Waals surface area contributed by atoms with E-state index in [1.807, 2.05) is 6.07 Å². The number of nitrogens with one attached hydrogen (secondary N) is 1. The maximum Gasteiger partial charge on any atom is 0.250 e. The first-order valence-corrected chi connectivity index (χ1v) is 8.82. The zero-order valence-corrected chi connectivity index (χ0v) is 15.7. The maximum absolute atomic E-state index is 12.0. The van der Waals surface area contributed by atoms with Crippen molar-refractivity contribution in [3.8, 4) is 17.6 Å². The lowest BCUT2D eigenvalue weighted by Crippen LogP contribution is -2.07. The molecule has 0 aliphatic heterocycles. The normalized spacial score (nSPS) is 10.7. The van der Waals surface area contributed by atoms with Crippen molar-refractivity contribution in [2.75, 3.05) is 19.0 Å². The number of benzene rings is 1. The molecule has 0 aliphatic carbocycles. The van der Waals surface area contributed by atoms with E-state index >= 15 is 0 Å². The molecule has 7 nitrogen and oxygen atoms in total. The van der Waals surface area contributed by atoms with Gasteiger partial charge in [-0.15, -0.1) is 10.2 Å². The topological polar surface area (TPSA) is 97.1 Å². The molecule has 1 heterocycles. The number of ether oxygens (including phenoxy) is 2.